The maximum Gasteiger partial charge on any atom is 0.153 e. The van der Waals surface area contributed by atoms with Crippen LogP contribution in [0.15, 0.2) is 12.1 Å². The van der Waals surface area contributed by atoms with E-state index in [1.54, 1.807) is 0 Å². The molecule has 3 N–H and O–H groups in total. The Hall–Kier alpha value is -1.49. The number of nitrogens with two attached hydrogens (primary N) is 1. The van der Waals surface area contributed by atoms with Crippen LogP contribution in [0, 0.1) is 11.6 Å². The molecule has 1 unspecified atom stereocenters. The topological polar surface area (TPSA) is 54.7 Å². The minimum absolute atomic E-state index is 0.147. The van der Waals surface area contributed by atoms with Gasteiger partial charge in [-0.05, 0) is 12.5 Å². The molecule has 1 aromatic heterocycles. The van der Waals surface area contributed by atoms with Crippen LogP contribution >= 0.6 is 0 Å². The number of nitrogens with one attached hydrogen (secondary N) is 1. The average molecular weight is 239 g/mol. The van der Waals surface area contributed by atoms with Gasteiger partial charge < -0.3 is 10.7 Å². The monoisotopic (exact) mass is 239 g/mol. The fourth-order valence-corrected chi connectivity index (χ4v) is 1.80. The lowest BCUT2D eigenvalue weighted by Gasteiger charge is -2.06. The molecule has 0 saturated carbocycles. The summed E-state index contributed by atoms with van der Waals surface area (Å²) in [6, 6.07) is 1.79. The largest absolute Gasteiger partial charge is 0.340 e. The van der Waals surface area contributed by atoms with Crippen molar-refractivity contribution >= 4 is 11.0 Å². The van der Waals surface area contributed by atoms with Crippen molar-refractivity contribution < 1.29 is 8.78 Å². The maximum absolute atomic E-state index is 13.4. The van der Waals surface area contributed by atoms with Crippen LogP contribution < -0.4 is 5.73 Å². The van der Waals surface area contributed by atoms with E-state index < -0.39 is 11.6 Å². The Labute approximate surface area is 98.0 Å². The molecule has 2 aromatic rings. The van der Waals surface area contributed by atoms with E-state index in [0.29, 0.717) is 11.3 Å². The molecule has 0 saturated heterocycles. The number of aromatic amines is 1. The number of rotatable bonds is 4. The number of fused-ring (bicyclic) bond motifs is 1. The molecular formula is C12H15F2N3. The lowest BCUT2D eigenvalue weighted by Crippen LogP contribution is -2.11. The van der Waals surface area contributed by atoms with Crippen LogP contribution in [0.4, 0.5) is 8.78 Å². The van der Waals surface area contributed by atoms with Crippen molar-refractivity contribution in [2.45, 2.75) is 32.2 Å². The third-order valence-corrected chi connectivity index (χ3v) is 2.74. The summed E-state index contributed by atoms with van der Waals surface area (Å²) in [4.78, 5) is 6.95. The molecular weight excluding hydrogens is 224 g/mol. The Bertz CT molecular complexity index is 522. The number of hydrogen-bond donors (Lipinski definition) is 2. The highest BCUT2D eigenvalue weighted by atomic mass is 19.1. The number of nitrogens with zero attached hydrogens (tertiary/aromatic N) is 1. The van der Waals surface area contributed by atoms with E-state index >= 15 is 0 Å². The predicted octanol–water partition coefficient (Wildman–Crippen LogP) is 3.03. The van der Waals surface area contributed by atoms with Gasteiger partial charge in [0.1, 0.15) is 17.2 Å². The molecule has 0 radical (unpaired) electrons. The maximum atomic E-state index is 13.4. The van der Waals surface area contributed by atoms with Gasteiger partial charge in [-0.3, -0.25) is 0 Å². The smallest absolute Gasteiger partial charge is 0.153 e. The Morgan fingerprint density at radius 1 is 1.41 bits per heavy atom. The number of benzene rings is 1. The zero-order chi connectivity index (χ0) is 12.4. The molecule has 0 spiro atoms. The molecule has 3 nitrogen and oxygen atoms in total. The van der Waals surface area contributed by atoms with Gasteiger partial charge in [-0.25, -0.2) is 13.8 Å². The molecule has 1 heterocycles. The number of hydrogen-bond acceptors (Lipinski definition) is 2. The van der Waals surface area contributed by atoms with Crippen molar-refractivity contribution in [1.82, 2.24) is 9.97 Å². The summed E-state index contributed by atoms with van der Waals surface area (Å²) in [5, 5.41) is 0. The van der Waals surface area contributed by atoms with E-state index in [1.807, 2.05) is 0 Å². The molecule has 0 bridgehead atoms. The second-order valence-electron chi connectivity index (χ2n) is 4.15. The summed E-state index contributed by atoms with van der Waals surface area (Å²) < 4.78 is 26.4. The normalized spacial score (nSPS) is 13.2. The van der Waals surface area contributed by atoms with E-state index in [4.69, 9.17) is 5.73 Å². The average Bonchev–Trinajstić information content (AvgIpc) is 2.69. The van der Waals surface area contributed by atoms with Crippen molar-refractivity contribution in [1.29, 1.82) is 0 Å². The van der Waals surface area contributed by atoms with Crippen LogP contribution in [-0.4, -0.2) is 9.97 Å². The summed E-state index contributed by atoms with van der Waals surface area (Å²) in [6.07, 6.45) is 2.80. The van der Waals surface area contributed by atoms with Gasteiger partial charge in [0.05, 0.1) is 11.6 Å². The highest BCUT2D eigenvalue weighted by Crippen LogP contribution is 2.21. The van der Waals surface area contributed by atoms with Gasteiger partial charge in [-0.15, -0.1) is 0 Å². The summed E-state index contributed by atoms with van der Waals surface area (Å²) in [6.45, 7) is 2.07. The lowest BCUT2D eigenvalue weighted by atomic mass is 10.1. The minimum Gasteiger partial charge on any atom is -0.340 e. The molecule has 0 amide bonds. The summed E-state index contributed by atoms with van der Waals surface area (Å²) in [5.74, 6) is -0.768. The molecule has 0 aliphatic carbocycles. The SMILES string of the molecule is CCCCC(N)c1nc2c(F)cc(F)cc2[nH]1. The van der Waals surface area contributed by atoms with Crippen LogP contribution in [0.1, 0.15) is 38.1 Å². The summed E-state index contributed by atoms with van der Waals surface area (Å²) >= 11 is 0. The van der Waals surface area contributed by atoms with Crippen molar-refractivity contribution in [2.75, 3.05) is 0 Å². The molecule has 0 aliphatic heterocycles. The molecule has 5 heteroatoms. The van der Waals surface area contributed by atoms with Gasteiger partial charge in [-0.1, -0.05) is 19.8 Å². The zero-order valence-corrected chi connectivity index (χ0v) is 9.63. The number of H-pyrrole nitrogens is 1. The molecule has 92 valence electrons. The fraction of sp³-hybridized carbons (Fsp3) is 0.417. The first-order valence-electron chi connectivity index (χ1n) is 5.72. The van der Waals surface area contributed by atoms with E-state index in [2.05, 4.69) is 16.9 Å². The van der Waals surface area contributed by atoms with Gasteiger partial charge in [-0.2, -0.15) is 0 Å². The van der Waals surface area contributed by atoms with Gasteiger partial charge in [0.15, 0.2) is 5.82 Å². The second kappa shape index (κ2) is 4.79. The zero-order valence-electron chi connectivity index (χ0n) is 9.63. The molecule has 17 heavy (non-hydrogen) atoms. The summed E-state index contributed by atoms with van der Waals surface area (Å²) in [5.41, 5.74) is 6.42. The van der Waals surface area contributed by atoms with Crippen molar-refractivity contribution in [3.8, 4) is 0 Å². The van der Waals surface area contributed by atoms with Crippen molar-refractivity contribution in [3.05, 3.63) is 29.6 Å². The second-order valence-corrected chi connectivity index (χ2v) is 4.15. The highest BCUT2D eigenvalue weighted by molar-refractivity contribution is 5.75. The third kappa shape index (κ3) is 2.44. The van der Waals surface area contributed by atoms with Crippen LogP contribution in [0.25, 0.3) is 11.0 Å². The minimum atomic E-state index is -0.662. The van der Waals surface area contributed by atoms with Crippen molar-refractivity contribution in [2.24, 2.45) is 5.73 Å². The number of unbranched alkanes of at least 4 members (excludes halogenated alkanes) is 1. The molecule has 0 fully saturated rings. The number of aromatic nitrogens is 2. The molecule has 1 atom stereocenters. The number of halogens is 2. The first-order valence-corrected chi connectivity index (χ1v) is 5.72. The van der Waals surface area contributed by atoms with Crippen molar-refractivity contribution in [3.63, 3.8) is 0 Å². The first kappa shape index (κ1) is 12.0. The first-order chi connectivity index (χ1) is 8.11. The standard InChI is InChI=1S/C12H15F2N3/c1-2-3-4-9(15)12-16-10-6-7(13)5-8(14)11(10)17-12/h5-6,9H,2-4,15H2,1H3,(H,16,17). The van der Waals surface area contributed by atoms with E-state index in [1.165, 1.54) is 6.07 Å². The Kier molecular flexibility index (Phi) is 3.38. The van der Waals surface area contributed by atoms with E-state index in [9.17, 15) is 8.78 Å². The van der Waals surface area contributed by atoms with Crippen LogP contribution in [0.5, 0.6) is 0 Å². The molecule has 2 rings (SSSR count). The Morgan fingerprint density at radius 2 is 2.18 bits per heavy atom. The van der Waals surface area contributed by atoms with Crippen LogP contribution in [-0.2, 0) is 0 Å². The number of imidazole rings is 1. The van der Waals surface area contributed by atoms with E-state index in [-0.39, 0.29) is 11.6 Å². The summed E-state index contributed by atoms with van der Waals surface area (Å²) in [7, 11) is 0. The fourth-order valence-electron chi connectivity index (χ4n) is 1.80. The van der Waals surface area contributed by atoms with Crippen LogP contribution in [0.2, 0.25) is 0 Å². The Balaban J connectivity index is 2.34. The Morgan fingerprint density at radius 3 is 2.88 bits per heavy atom. The van der Waals surface area contributed by atoms with Gasteiger partial charge in [0, 0.05) is 6.07 Å². The van der Waals surface area contributed by atoms with E-state index in [0.717, 1.165) is 25.3 Å². The molecule has 1 aromatic carbocycles. The lowest BCUT2D eigenvalue weighted by molar-refractivity contribution is 0.579. The predicted molar refractivity (Wildman–Crippen MR) is 62.5 cm³/mol. The van der Waals surface area contributed by atoms with Crippen LogP contribution in [0.3, 0.4) is 0 Å². The van der Waals surface area contributed by atoms with Gasteiger partial charge in [0.2, 0.25) is 0 Å². The third-order valence-electron chi connectivity index (χ3n) is 2.74. The highest BCUT2D eigenvalue weighted by Gasteiger charge is 2.14. The van der Waals surface area contributed by atoms with Gasteiger partial charge >= 0.3 is 0 Å². The van der Waals surface area contributed by atoms with Gasteiger partial charge in [0.25, 0.3) is 0 Å². The molecule has 0 aliphatic rings. The quantitative estimate of drug-likeness (QED) is 0.861.